The van der Waals surface area contributed by atoms with Gasteiger partial charge in [0.15, 0.2) is 0 Å². The molecular weight excluding hydrogens is 212 g/mol. The predicted molar refractivity (Wildman–Crippen MR) is 69.8 cm³/mol. The Labute approximate surface area is 102 Å². The third-order valence-corrected chi connectivity index (χ3v) is 3.99. The Balaban J connectivity index is 1.96. The monoisotopic (exact) mass is 232 g/mol. The first kappa shape index (κ1) is 12.0. The Hall–Kier alpha value is -1.51. The van der Waals surface area contributed by atoms with Gasteiger partial charge in [-0.2, -0.15) is 0 Å². The summed E-state index contributed by atoms with van der Waals surface area (Å²) < 4.78 is 0. The van der Waals surface area contributed by atoms with E-state index in [1.54, 1.807) is 12.1 Å². The lowest BCUT2D eigenvalue weighted by Crippen LogP contribution is -2.41. The molecule has 2 rings (SSSR count). The summed E-state index contributed by atoms with van der Waals surface area (Å²) in [7, 11) is 0. The number of para-hydroxylation sites is 1. The number of nitrogen functional groups attached to an aromatic ring is 1. The van der Waals surface area contributed by atoms with Gasteiger partial charge in [0.05, 0.1) is 5.56 Å². The van der Waals surface area contributed by atoms with Crippen LogP contribution in [-0.4, -0.2) is 12.5 Å². The van der Waals surface area contributed by atoms with E-state index in [0.29, 0.717) is 16.7 Å². The Morgan fingerprint density at radius 3 is 2.65 bits per heavy atom. The molecule has 1 aliphatic rings. The molecule has 0 atom stereocenters. The zero-order valence-electron chi connectivity index (χ0n) is 10.3. The first-order valence-corrected chi connectivity index (χ1v) is 6.30. The molecular formula is C14H20N2O. The minimum Gasteiger partial charge on any atom is -0.398 e. The van der Waals surface area contributed by atoms with Crippen LogP contribution in [0.4, 0.5) is 5.69 Å². The normalized spacial score (nSPS) is 17.2. The van der Waals surface area contributed by atoms with Gasteiger partial charge < -0.3 is 11.1 Å². The molecule has 1 fully saturated rings. The number of amides is 1. The average molecular weight is 232 g/mol. The summed E-state index contributed by atoms with van der Waals surface area (Å²) in [5.74, 6) is -0.0529. The van der Waals surface area contributed by atoms with Crippen LogP contribution < -0.4 is 11.1 Å². The van der Waals surface area contributed by atoms with Crippen molar-refractivity contribution >= 4 is 11.6 Å². The SMILES string of the molecule is CCC1(CNC(=O)c2ccccc2N)CCC1. The summed E-state index contributed by atoms with van der Waals surface area (Å²) in [6.45, 7) is 2.97. The number of hydrogen-bond acceptors (Lipinski definition) is 2. The van der Waals surface area contributed by atoms with E-state index in [2.05, 4.69) is 12.2 Å². The van der Waals surface area contributed by atoms with Crippen molar-refractivity contribution in [3.05, 3.63) is 29.8 Å². The van der Waals surface area contributed by atoms with E-state index in [1.807, 2.05) is 12.1 Å². The smallest absolute Gasteiger partial charge is 0.253 e. The average Bonchev–Trinajstić information content (AvgIpc) is 2.28. The van der Waals surface area contributed by atoms with Crippen molar-refractivity contribution in [3.8, 4) is 0 Å². The zero-order valence-corrected chi connectivity index (χ0v) is 10.3. The summed E-state index contributed by atoms with van der Waals surface area (Å²) in [5.41, 5.74) is 7.25. The van der Waals surface area contributed by atoms with Crippen LogP contribution in [0, 0.1) is 5.41 Å². The van der Waals surface area contributed by atoms with E-state index in [1.165, 1.54) is 19.3 Å². The van der Waals surface area contributed by atoms with Crippen molar-refractivity contribution in [1.29, 1.82) is 0 Å². The van der Waals surface area contributed by atoms with Gasteiger partial charge >= 0.3 is 0 Å². The molecule has 0 spiro atoms. The largest absolute Gasteiger partial charge is 0.398 e. The maximum absolute atomic E-state index is 12.0. The summed E-state index contributed by atoms with van der Waals surface area (Å²) in [6, 6.07) is 7.20. The maximum Gasteiger partial charge on any atom is 0.253 e. The summed E-state index contributed by atoms with van der Waals surface area (Å²) in [4.78, 5) is 12.0. The van der Waals surface area contributed by atoms with E-state index in [4.69, 9.17) is 5.73 Å². The molecule has 92 valence electrons. The fourth-order valence-electron chi connectivity index (χ4n) is 2.40. The molecule has 1 aromatic rings. The van der Waals surface area contributed by atoms with Gasteiger partial charge in [0.2, 0.25) is 0 Å². The maximum atomic E-state index is 12.0. The second-order valence-electron chi connectivity index (χ2n) is 4.98. The van der Waals surface area contributed by atoms with Gasteiger partial charge in [-0.05, 0) is 36.8 Å². The molecule has 0 bridgehead atoms. The number of carbonyl (C=O) groups is 1. The molecule has 17 heavy (non-hydrogen) atoms. The zero-order chi connectivity index (χ0) is 12.3. The van der Waals surface area contributed by atoms with Crippen molar-refractivity contribution in [2.24, 2.45) is 5.41 Å². The van der Waals surface area contributed by atoms with Gasteiger partial charge in [0.25, 0.3) is 5.91 Å². The Morgan fingerprint density at radius 2 is 2.12 bits per heavy atom. The fraction of sp³-hybridized carbons (Fsp3) is 0.500. The molecule has 3 nitrogen and oxygen atoms in total. The van der Waals surface area contributed by atoms with Crippen molar-refractivity contribution in [2.45, 2.75) is 32.6 Å². The highest BCUT2D eigenvalue weighted by atomic mass is 16.1. The van der Waals surface area contributed by atoms with Crippen LogP contribution in [0.2, 0.25) is 0 Å². The molecule has 0 saturated heterocycles. The van der Waals surface area contributed by atoms with Gasteiger partial charge in [-0.3, -0.25) is 4.79 Å². The Morgan fingerprint density at radius 1 is 1.41 bits per heavy atom. The van der Waals surface area contributed by atoms with E-state index < -0.39 is 0 Å². The number of rotatable bonds is 4. The van der Waals surface area contributed by atoms with Crippen LogP contribution in [0.3, 0.4) is 0 Å². The molecule has 3 heteroatoms. The quantitative estimate of drug-likeness (QED) is 0.784. The first-order chi connectivity index (χ1) is 8.17. The van der Waals surface area contributed by atoms with Crippen LogP contribution in [0.25, 0.3) is 0 Å². The number of anilines is 1. The standard InChI is InChI=1S/C14H20N2O/c1-2-14(8-5-9-14)10-16-13(17)11-6-3-4-7-12(11)15/h3-4,6-7H,2,5,8-10,15H2,1H3,(H,16,17). The number of hydrogen-bond donors (Lipinski definition) is 2. The lowest BCUT2D eigenvalue weighted by molar-refractivity contribution is 0.0851. The molecule has 3 N–H and O–H groups in total. The van der Waals surface area contributed by atoms with E-state index >= 15 is 0 Å². The second-order valence-corrected chi connectivity index (χ2v) is 4.98. The van der Waals surface area contributed by atoms with Gasteiger partial charge in [0, 0.05) is 12.2 Å². The lowest BCUT2D eigenvalue weighted by atomic mass is 9.67. The highest BCUT2D eigenvalue weighted by Crippen LogP contribution is 2.43. The van der Waals surface area contributed by atoms with Crippen LogP contribution in [0.1, 0.15) is 43.0 Å². The molecule has 1 saturated carbocycles. The predicted octanol–water partition coefficient (Wildman–Crippen LogP) is 2.58. The molecule has 1 amide bonds. The highest BCUT2D eigenvalue weighted by molar-refractivity contribution is 5.99. The van der Waals surface area contributed by atoms with Gasteiger partial charge in [-0.15, -0.1) is 0 Å². The van der Waals surface area contributed by atoms with E-state index in [9.17, 15) is 4.79 Å². The minimum absolute atomic E-state index is 0.0529. The molecule has 0 radical (unpaired) electrons. The Bertz CT molecular complexity index is 405. The molecule has 0 aliphatic heterocycles. The van der Waals surface area contributed by atoms with Gasteiger partial charge in [-0.1, -0.05) is 25.5 Å². The molecule has 0 unspecified atom stereocenters. The number of benzene rings is 1. The first-order valence-electron chi connectivity index (χ1n) is 6.30. The molecule has 0 heterocycles. The summed E-state index contributed by atoms with van der Waals surface area (Å²) >= 11 is 0. The van der Waals surface area contributed by atoms with E-state index in [0.717, 1.165) is 13.0 Å². The van der Waals surface area contributed by atoms with Gasteiger partial charge in [0.1, 0.15) is 0 Å². The topological polar surface area (TPSA) is 55.1 Å². The van der Waals surface area contributed by atoms with Crippen molar-refractivity contribution < 1.29 is 4.79 Å². The van der Waals surface area contributed by atoms with E-state index in [-0.39, 0.29) is 5.91 Å². The van der Waals surface area contributed by atoms with Crippen molar-refractivity contribution in [1.82, 2.24) is 5.32 Å². The number of nitrogens with two attached hydrogens (primary N) is 1. The summed E-state index contributed by atoms with van der Waals surface area (Å²) in [5, 5.41) is 3.01. The Kier molecular flexibility index (Phi) is 3.36. The lowest BCUT2D eigenvalue weighted by Gasteiger charge is -2.41. The third kappa shape index (κ3) is 2.43. The fourth-order valence-corrected chi connectivity index (χ4v) is 2.40. The second kappa shape index (κ2) is 4.78. The van der Waals surface area contributed by atoms with Crippen molar-refractivity contribution in [3.63, 3.8) is 0 Å². The molecule has 1 aliphatic carbocycles. The number of carbonyl (C=O) groups excluding carboxylic acids is 1. The highest BCUT2D eigenvalue weighted by Gasteiger charge is 2.35. The van der Waals surface area contributed by atoms with Crippen molar-refractivity contribution in [2.75, 3.05) is 12.3 Å². The number of nitrogens with one attached hydrogen (secondary N) is 1. The molecule has 0 aromatic heterocycles. The van der Waals surface area contributed by atoms with Crippen LogP contribution in [0.5, 0.6) is 0 Å². The van der Waals surface area contributed by atoms with Crippen LogP contribution >= 0.6 is 0 Å². The molecule has 1 aromatic carbocycles. The summed E-state index contributed by atoms with van der Waals surface area (Å²) in [6.07, 6.45) is 4.89. The van der Waals surface area contributed by atoms with Gasteiger partial charge in [-0.25, -0.2) is 0 Å². The van der Waals surface area contributed by atoms with Crippen LogP contribution in [-0.2, 0) is 0 Å². The van der Waals surface area contributed by atoms with Crippen LogP contribution in [0.15, 0.2) is 24.3 Å². The minimum atomic E-state index is -0.0529. The third-order valence-electron chi connectivity index (χ3n) is 3.99.